The van der Waals surface area contributed by atoms with Gasteiger partial charge >= 0.3 is 0 Å². The molecule has 0 saturated heterocycles. The number of halogens is 1. The first-order valence-corrected chi connectivity index (χ1v) is 6.23. The molecule has 0 radical (unpaired) electrons. The third kappa shape index (κ3) is 3.03. The van der Waals surface area contributed by atoms with Crippen molar-refractivity contribution in [1.29, 1.82) is 0 Å². The van der Waals surface area contributed by atoms with Crippen LogP contribution in [0.2, 0.25) is 5.02 Å². The lowest BCUT2D eigenvalue weighted by atomic mass is 10.2. The largest absolute Gasteiger partial charge is 0.313 e. The fraction of sp³-hybridized carbons (Fsp3) is 0.308. The minimum absolute atomic E-state index is 0.610. The van der Waals surface area contributed by atoms with Crippen LogP contribution in [0.5, 0.6) is 0 Å². The van der Waals surface area contributed by atoms with E-state index in [0.717, 1.165) is 30.0 Å². The molecule has 0 aliphatic heterocycles. The van der Waals surface area contributed by atoms with E-state index in [1.54, 1.807) is 12.3 Å². The lowest BCUT2D eigenvalue weighted by molar-refractivity contribution is 0.716. The minimum atomic E-state index is 0.610. The molecular formula is C13H15ClN4. The Morgan fingerprint density at radius 1 is 1.22 bits per heavy atom. The van der Waals surface area contributed by atoms with Crippen LogP contribution in [-0.4, -0.2) is 21.5 Å². The second kappa shape index (κ2) is 5.89. The van der Waals surface area contributed by atoms with Crippen molar-refractivity contribution in [2.75, 3.05) is 6.54 Å². The van der Waals surface area contributed by atoms with Crippen LogP contribution < -0.4 is 5.32 Å². The van der Waals surface area contributed by atoms with E-state index in [0.29, 0.717) is 10.8 Å². The van der Waals surface area contributed by atoms with E-state index in [1.807, 2.05) is 19.2 Å². The predicted molar refractivity (Wildman–Crippen MR) is 72.4 cm³/mol. The van der Waals surface area contributed by atoms with E-state index >= 15 is 0 Å². The lowest BCUT2D eigenvalue weighted by Crippen LogP contribution is -2.13. The highest BCUT2D eigenvalue weighted by Crippen LogP contribution is 2.16. The molecule has 2 rings (SSSR count). The molecule has 0 amide bonds. The highest BCUT2D eigenvalue weighted by Gasteiger charge is 2.06. The smallest absolute Gasteiger partial charge is 0.178 e. The number of nitrogens with one attached hydrogen (secondary N) is 1. The van der Waals surface area contributed by atoms with E-state index in [9.17, 15) is 0 Å². The van der Waals surface area contributed by atoms with Gasteiger partial charge in [-0.15, -0.1) is 0 Å². The Hall–Kier alpha value is -1.52. The summed E-state index contributed by atoms with van der Waals surface area (Å²) in [5, 5.41) is 3.87. The van der Waals surface area contributed by atoms with Gasteiger partial charge < -0.3 is 5.32 Å². The Bertz CT molecular complexity index is 525. The van der Waals surface area contributed by atoms with Crippen molar-refractivity contribution >= 4 is 11.6 Å². The van der Waals surface area contributed by atoms with E-state index in [2.05, 4.69) is 27.2 Å². The molecule has 0 aromatic carbocycles. The summed E-state index contributed by atoms with van der Waals surface area (Å²) >= 11 is 5.80. The van der Waals surface area contributed by atoms with Crippen LogP contribution in [0.25, 0.3) is 11.5 Å². The lowest BCUT2D eigenvalue weighted by Gasteiger charge is -2.07. The van der Waals surface area contributed by atoms with Crippen molar-refractivity contribution in [2.45, 2.75) is 20.4 Å². The highest BCUT2D eigenvalue weighted by molar-refractivity contribution is 6.30. The topological polar surface area (TPSA) is 50.7 Å². The van der Waals surface area contributed by atoms with Gasteiger partial charge in [0.1, 0.15) is 5.69 Å². The Balaban J connectivity index is 2.25. The molecule has 1 N–H and O–H groups in total. The molecule has 2 aromatic heterocycles. The summed E-state index contributed by atoms with van der Waals surface area (Å²) in [4.78, 5) is 13.0. The molecule has 4 nitrogen and oxygen atoms in total. The van der Waals surface area contributed by atoms with Gasteiger partial charge in [-0.1, -0.05) is 18.5 Å². The van der Waals surface area contributed by atoms with Gasteiger partial charge in [0.25, 0.3) is 0 Å². The van der Waals surface area contributed by atoms with Crippen LogP contribution in [0.1, 0.15) is 18.2 Å². The first-order chi connectivity index (χ1) is 8.70. The van der Waals surface area contributed by atoms with E-state index in [1.165, 1.54) is 0 Å². The van der Waals surface area contributed by atoms with Crippen molar-refractivity contribution in [1.82, 2.24) is 20.3 Å². The number of hydrogen-bond donors (Lipinski definition) is 1. The van der Waals surface area contributed by atoms with Gasteiger partial charge in [0, 0.05) is 30.2 Å². The molecular weight excluding hydrogens is 248 g/mol. The summed E-state index contributed by atoms with van der Waals surface area (Å²) in [7, 11) is 0. The molecule has 94 valence electrons. The monoisotopic (exact) mass is 262 g/mol. The van der Waals surface area contributed by atoms with Crippen molar-refractivity contribution in [3.05, 3.63) is 40.8 Å². The summed E-state index contributed by atoms with van der Waals surface area (Å²) in [5.41, 5.74) is 2.81. The number of hydrogen-bond acceptors (Lipinski definition) is 4. The molecule has 0 fully saturated rings. The maximum absolute atomic E-state index is 5.80. The Kier molecular flexibility index (Phi) is 4.23. The van der Waals surface area contributed by atoms with Crippen LogP contribution in [0.4, 0.5) is 0 Å². The molecule has 0 aliphatic rings. The first kappa shape index (κ1) is 12.9. The number of aryl methyl sites for hydroxylation is 1. The Morgan fingerprint density at radius 3 is 2.67 bits per heavy atom. The van der Waals surface area contributed by atoms with Gasteiger partial charge in [-0.2, -0.15) is 0 Å². The molecule has 0 saturated carbocycles. The average Bonchev–Trinajstić information content (AvgIpc) is 2.38. The third-order valence-corrected chi connectivity index (χ3v) is 2.83. The van der Waals surface area contributed by atoms with Crippen molar-refractivity contribution in [3.8, 4) is 11.5 Å². The summed E-state index contributed by atoms with van der Waals surface area (Å²) in [6.45, 7) is 5.77. The van der Waals surface area contributed by atoms with Gasteiger partial charge in [-0.05, 0) is 25.6 Å². The summed E-state index contributed by atoms with van der Waals surface area (Å²) in [6.07, 6.45) is 3.44. The van der Waals surface area contributed by atoms with Gasteiger partial charge in [-0.3, -0.25) is 4.98 Å². The molecule has 0 spiro atoms. The number of aromatic nitrogens is 3. The standard InChI is InChI=1S/C13H15ClN4/c1-3-15-6-10-7-17-13(18-9(10)2)12-5-4-11(14)8-16-12/h4-5,7-8,15H,3,6H2,1-2H3. The number of pyridine rings is 1. The van der Waals surface area contributed by atoms with Gasteiger partial charge in [0.05, 0.1) is 5.02 Å². The fourth-order valence-corrected chi connectivity index (χ4v) is 1.67. The fourth-order valence-electron chi connectivity index (χ4n) is 1.56. The average molecular weight is 263 g/mol. The first-order valence-electron chi connectivity index (χ1n) is 5.86. The molecule has 5 heteroatoms. The second-order valence-corrected chi connectivity index (χ2v) is 4.38. The minimum Gasteiger partial charge on any atom is -0.313 e. The van der Waals surface area contributed by atoms with Crippen LogP contribution >= 0.6 is 11.6 Å². The summed E-state index contributed by atoms with van der Waals surface area (Å²) < 4.78 is 0. The molecule has 0 atom stereocenters. The molecule has 2 heterocycles. The van der Waals surface area contributed by atoms with Gasteiger partial charge in [0.2, 0.25) is 0 Å². The van der Waals surface area contributed by atoms with Gasteiger partial charge in [0.15, 0.2) is 5.82 Å². The van der Waals surface area contributed by atoms with Crippen LogP contribution in [-0.2, 0) is 6.54 Å². The SMILES string of the molecule is CCNCc1cnc(-c2ccc(Cl)cn2)nc1C. The predicted octanol–water partition coefficient (Wildman–Crippen LogP) is 2.61. The number of nitrogens with zero attached hydrogens (tertiary/aromatic N) is 3. The summed E-state index contributed by atoms with van der Waals surface area (Å²) in [5.74, 6) is 0.629. The van der Waals surface area contributed by atoms with Crippen molar-refractivity contribution in [3.63, 3.8) is 0 Å². The zero-order chi connectivity index (χ0) is 13.0. The molecule has 0 aliphatic carbocycles. The molecule has 2 aromatic rings. The zero-order valence-electron chi connectivity index (χ0n) is 10.4. The van der Waals surface area contributed by atoms with Gasteiger partial charge in [-0.25, -0.2) is 9.97 Å². The molecule has 0 bridgehead atoms. The normalized spacial score (nSPS) is 10.6. The van der Waals surface area contributed by atoms with Crippen molar-refractivity contribution in [2.24, 2.45) is 0 Å². The molecule has 0 unspecified atom stereocenters. The molecule has 18 heavy (non-hydrogen) atoms. The quantitative estimate of drug-likeness (QED) is 0.920. The number of rotatable bonds is 4. The Morgan fingerprint density at radius 2 is 2.06 bits per heavy atom. The summed E-state index contributed by atoms with van der Waals surface area (Å²) in [6, 6.07) is 3.61. The van der Waals surface area contributed by atoms with Crippen LogP contribution in [0.15, 0.2) is 24.5 Å². The maximum atomic E-state index is 5.80. The Labute approximate surface area is 111 Å². The van der Waals surface area contributed by atoms with Crippen molar-refractivity contribution < 1.29 is 0 Å². The highest BCUT2D eigenvalue weighted by atomic mass is 35.5. The zero-order valence-corrected chi connectivity index (χ0v) is 11.2. The second-order valence-electron chi connectivity index (χ2n) is 3.95. The van der Waals surface area contributed by atoms with Crippen LogP contribution in [0.3, 0.4) is 0 Å². The van der Waals surface area contributed by atoms with E-state index in [4.69, 9.17) is 11.6 Å². The van der Waals surface area contributed by atoms with E-state index < -0.39 is 0 Å². The van der Waals surface area contributed by atoms with E-state index in [-0.39, 0.29) is 0 Å². The third-order valence-electron chi connectivity index (χ3n) is 2.60. The maximum Gasteiger partial charge on any atom is 0.178 e. The van der Waals surface area contributed by atoms with Crippen LogP contribution in [0, 0.1) is 6.92 Å².